The molecule has 0 fully saturated rings. The molecule has 6 heteroatoms. The number of carbonyl (C=O) groups excluding carboxylic acids is 1. The van der Waals surface area contributed by atoms with Gasteiger partial charge in [-0.15, -0.1) is 0 Å². The highest BCUT2D eigenvalue weighted by Crippen LogP contribution is 2.26. The molecule has 0 aliphatic carbocycles. The number of carbonyl (C=O) groups is 1. The summed E-state index contributed by atoms with van der Waals surface area (Å²) >= 11 is 0. The zero-order valence-electron chi connectivity index (χ0n) is 14.0. The fourth-order valence-electron chi connectivity index (χ4n) is 2.31. The van der Waals surface area contributed by atoms with Crippen LogP contribution in [-0.2, 0) is 13.7 Å². The Bertz CT molecular complexity index is 892. The third-order valence-electron chi connectivity index (χ3n) is 3.59. The quantitative estimate of drug-likeness (QED) is 0.487. The number of nitrogens with zero attached hydrogens (tertiary/aromatic N) is 2. The van der Waals surface area contributed by atoms with Crippen molar-refractivity contribution in [2.75, 3.05) is 7.11 Å². The Balaban J connectivity index is 1.62. The number of methoxy groups -OCH3 is 1. The van der Waals surface area contributed by atoms with Gasteiger partial charge in [0.1, 0.15) is 23.8 Å². The number of hydrogen-bond donors (Lipinski definition) is 0. The number of ketones is 1. The van der Waals surface area contributed by atoms with E-state index in [2.05, 4.69) is 5.10 Å². The van der Waals surface area contributed by atoms with Crippen LogP contribution in [0.5, 0.6) is 11.5 Å². The van der Waals surface area contributed by atoms with Gasteiger partial charge in [-0.25, -0.2) is 0 Å². The highest BCUT2D eigenvalue weighted by atomic mass is 16.5. The average Bonchev–Trinajstić information content (AvgIpc) is 3.27. The molecule has 25 heavy (non-hydrogen) atoms. The van der Waals surface area contributed by atoms with E-state index in [0.29, 0.717) is 28.7 Å². The predicted molar refractivity (Wildman–Crippen MR) is 92.6 cm³/mol. The Morgan fingerprint density at radius 2 is 2.00 bits per heavy atom. The van der Waals surface area contributed by atoms with Crippen molar-refractivity contribution in [2.45, 2.75) is 6.61 Å². The first-order chi connectivity index (χ1) is 12.2. The molecular formula is C19H18N2O4. The van der Waals surface area contributed by atoms with E-state index in [9.17, 15) is 4.79 Å². The van der Waals surface area contributed by atoms with Crippen LogP contribution in [-0.4, -0.2) is 22.7 Å². The lowest BCUT2D eigenvalue weighted by Crippen LogP contribution is -2.03. The second-order valence-electron chi connectivity index (χ2n) is 5.28. The first kappa shape index (κ1) is 16.6. The summed E-state index contributed by atoms with van der Waals surface area (Å²) in [6.45, 7) is 0.268. The molecule has 3 rings (SSSR count). The molecule has 0 bridgehead atoms. The summed E-state index contributed by atoms with van der Waals surface area (Å²) in [7, 11) is 3.32. The number of aryl methyl sites for hydroxylation is 1. The third kappa shape index (κ3) is 3.98. The van der Waals surface area contributed by atoms with Gasteiger partial charge in [0.2, 0.25) is 5.78 Å². The van der Waals surface area contributed by atoms with Crippen LogP contribution in [0.1, 0.15) is 22.0 Å². The van der Waals surface area contributed by atoms with E-state index in [0.717, 1.165) is 0 Å². The molecule has 0 aliphatic heterocycles. The molecule has 0 aliphatic rings. The van der Waals surface area contributed by atoms with Crippen LogP contribution >= 0.6 is 0 Å². The van der Waals surface area contributed by atoms with E-state index in [1.807, 2.05) is 30.3 Å². The number of para-hydroxylation sites is 2. The minimum atomic E-state index is -0.136. The van der Waals surface area contributed by atoms with Gasteiger partial charge in [0.25, 0.3) is 0 Å². The highest BCUT2D eigenvalue weighted by Gasteiger charge is 2.08. The zero-order valence-corrected chi connectivity index (χ0v) is 14.0. The van der Waals surface area contributed by atoms with Crippen LogP contribution in [0.3, 0.4) is 0 Å². The standard InChI is InChI=1S/C19H18N2O4/c1-21-16(11-12-20-21)17(22)10-9-14-7-8-15(25-14)13-24-19-6-4-3-5-18(19)23-2/h3-12H,13H2,1-2H3/b10-9+. The van der Waals surface area contributed by atoms with E-state index in [1.54, 1.807) is 38.6 Å². The van der Waals surface area contributed by atoms with Crippen molar-refractivity contribution in [1.29, 1.82) is 0 Å². The molecule has 0 saturated heterocycles. The molecule has 0 spiro atoms. The van der Waals surface area contributed by atoms with Gasteiger partial charge in [-0.05, 0) is 42.5 Å². The van der Waals surface area contributed by atoms with Crippen molar-refractivity contribution >= 4 is 11.9 Å². The summed E-state index contributed by atoms with van der Waals surface area (Å²) in [5, 5.41) is 3.98. The van der Waals surface area contributed by atoms with Gasteiger partial charge in [-0.1, -0.05) is 12.1 Å². The number of ether oxygens (including phenoxy) is 2. The number of furan rings is 1. The fourth-order valence-corrected chi connectivity index (χ4v) is 2.31. The summed E-state index contributed by atoms with van der Waals surface area (Å²) in [5.41, 5.74) is 0.516. The molecule has 1 aromatic carbocycles. The summed E-state index contributed by atoms with van der Waals surface area (Å²) in [5.74, 6) is 2.40. The van der Waals surface area contributed by atoms with Crippen molar-refractivity contribution in [3.05, 3.63) is 72.0 Å². The van der Waals surface area contributed by atoms with Crippen LogP contribution in [0.4, 0.5) is 0 Å². The van der Waals surface area contributed by atoms with E-state index < -0.39 is 0 Å². The molecular weight excluding hydrogens is 320 g/mol. The monoisotopic (exact) mass is 338 g/mol. The maximum absolute atomic E-state index is 12.1. The van der Waals surface area contributed by atoms with Gasteiger partial charge >= 0.3 is 0 Å². The highest BCUT2D eigenvalue weighted by molar-refractivity contribution is 6.05. The Hall–Kier alpha value is -3.28. The largest absolute Gasteiger partial charge is 0.493 e. The number of hydrogen-bond acceptors (Lipinski definition) is 5. The first-order valence-electron chi connectivity index (χ1n) is 7.72. The van der Waals surface area contributed by atoms with E-state index in [4.69, 9.17) is 13.9 Å². The molecule has 0 amide bonds. The van der Waals surface area contributed by atoms with Crippen molar-refractivity contribution in [2.24, 2.45) is 7.05 Å². The van der Waals surface area contributed by atoms with Gasteiger partial charge in [-0.2, -0.15) is 5.10 Å². The Morgan fingerprint density at radius 1 is 1.20 bits per heavy atom. The average molecular weight is 338 g/mol. The van der Waals surface area contributed by atoms with Gasteiger partial charge in [0, 0.05) is 13.2 Å². The maximum atomic E-state index is 12.1. The van der Waals surface area contributed by atoms with E-state index in [1.165, 1.54) is 10.8 Å². The summed E-state index contributed by atoms with van der Waals surface area (Å²) in [6.07, 6.45) is 4.67. The second-order valence-corrected chi connectivity index (χ2v) is 5.28. The maximum Gasteiger partial charge on any atom is 0.203 e. The Labute approximate surface area is 145 Å². The van der Waals surface area contributed by atoms with E-state index in [-0.39, 0.29) is 12.4 Å². The second kappa shape index (κ2) is 7.53. The molecule has 2 heterocycles. The van der Waals surface area contributed by atoms with Gasteiger partial charge in [0.05, 0.1) is 7.11 Å². The smallest absolute Gasteiger partial charge is 0.203 e. The first-order valence-corrected chi connectivity index (χ1v) is 7.72. The minimum absolute atomic E-state index is 0.136. The molecule has 6 nitrogen and oxygen atoms in total. The topological polar surface area (TPSA) is 66.5 Å². The summed E-state index contributed by atoms with van der Waals surface area (Å²) < 4.78 is 18.1. The molecule has 3 aromatic rings. The van der Waals surface area contributed by atoms with Gasteiger partial charge in [0.15, 0.2) is 11.5 Å². The van der Waals surface area contributed by atoms with Crippen LogP contribution < -0.4 is 9.47 Å². The van der Waals surface area contributed by atoms with Gasteiger partial charge < -0.3 is 13.9 Å². The fraction of sp³-hybridized carbons (Fsp3) is 0.158. The van der Waals surface area contributed by atoms with Gasteiger partial charge in [-0.3, -0.25) is 9.48 Å². The van der Waals surface area contributed by atoms with Crippen molar-refractivity contribution < 1.29 is 18.7 Å². The molecule has 0 radical (unpaired) electrons. The number of rotatable bonds is 7. The number of benzene rings is 1. The van der Waals surface area contributed by atoms with Crippen LogP contribution in [0.2, 0.25) is 0 Å². The molecule has 0 N–H and O–H groups in total. The van der Waals surface area contributed by atoms with Crippen molar-refractivity contribution in [3.63, 3.8) is 0 Å². The van der Waals surface area contributed by atoms with Crippen LogP contribution in [0.25, 0.3) is 6.08 Å². The Kier molecular flexibility index (Phi) is 4.99. The number of allylic oxidation sites excluding steroid dienone is 1. The van der Waals surface area contributed by atoms with Crippen LogP contribution in [0, 0.1) is 0 Å². The van der Waals surface area contributed by atoms with Crippen LogP contribution in [0.15, 0.2) is 59.2 Å². The lowest BCUT2D eigenvalue weighted by molar-refractivity contribution is 0.103. The predicted octanol–water partition coefficient (Wildman–Crippen LogP) is 3.50. The zero-order chi connectivity index (χ0) is 17.6. The molecule has 0 saturated carbocycles. The molecule has 0 atom stereocenters. The molecule has 2 aromatic heterocycles. The lowest BCUT2D eigenvalue weighted by Gasteiger charge is -2.08. The minimum Gasteiger partial charge on any atom is -0.493 e. The number of aromatic nitrogens is 2. The summed E-state index contributed by atoms with van der Waals surface area (Å²) in [4.78, 5) is 12.1. The summed E-state index contributed by atoms with van der Waals surface area (Å²) in [6, 6.07) is 12.7. The lowest BCUT2D eigenvalue weighted by atomic mass is 10.2. The SMILES string of the molecule is COc1ccccc1OCc1ccc(/C=C/C(=O)c2ccnn2C)o1. The Morgan fingerprint density at radius 3 is 2.72 bits per heavy atom. The molecule has 0 unspecified atom stereocenters. The van der Waals surface area contributed by atoms with Crippen molar-refractivity contribution in [3.8, 4) is 11.5 Å². The van der Waals surface area contributed by atoms with Crippen molar-refractivity contribution in [1.82, 2.24) is 9.78 Å². The normalized spacial score (nSPS) is 11.0. The molecule has 128 valence electrons. The third-order valence-corrected chi connectivity index (χ3v) is 3.59. The van der Waals surface area contributed by atoms with E-state index >= 15 is 0 Å².